The second-order valence-electron chi connectivity index (χ2n) is 8.53. The van der Waals surface area contributed by atoms with E-state index in [1.54, 1.807) is 0 Å². The van der Waals surface area contributed by atoms with Crippen molar-refractivity contribution in [2.75, 3.05) is 13.7 Å². The van der Waals surface area contributed by atoms with Crippen LogP contribution in [0.5, 0.6) is 0 Å². The third kappa shape index (κ3) is 22.9. The molecule has 0 saturated heterocycles. The number of hydrogen-bond donors (Lipinski definition) is 1. The van der Waals surface area contributed by atoms with Gasteiger partial charge in [-0.05, 0) is 31.1 Å². The highest BCUT2D eigenvalue weighted by Gasteiger charge is 2.10. The number of carbonyl (C=O) groups excluding carboxylic acids is 1. The van der Waals surface area contributed by atoms with Crippen molar-refractivity contribution in [3.05, 3.63) is 0 Å². The van der Waals surface area contributed by atoms with Crippen molar-refractivity contribution in [2.45, 2.75) is 135 Å². The van der Waals surface area contributed by atoms with Crippen LogP contribution < -0.4 is 0 Å². The highest BCUT2D eigenvalue weighted by Crippen LogP contribution is 2.42. The molecule has 30 heavy (non-hydrogen) atoms. The van der Waals surface area contributed by atoms with E-state index in [0.717, 1.165) is 51.4 Å². The Balaban J connectivity index is 3.23. The van der Waals surface area contributed by atoms with Crippen LogP contribution in [0, 0.1) is 0 Å². The summed E-state index contributed by atoms with van der Waals surface area (Å²) >= 11 is 4.77. The summed E-state index contributed by atoms with van der Waals surface area (Å²) in [6.45, 7) is -0.273. The fourth-order valence-electron chi connectivity index (χ4n) is 3.65. The Morgan fingerprint density at radius 1 is 0.700 bits per heavy atom. The Morgan fingerprint density at radius 2 is 1.07 bits per heavy atom. The molecule has 0 aliphatic rings. The van der Waals surface area contributed by atoms with E-state index in [9.17, 15) is 9.69 Å². The van der Waals surface area contributed by atoms with Crippen LogP contribution in [0.3, 0.4) is 0 Å². The van der Waals surface area contributed by atoms with Crippen molar-refractivity contribution in [2.24, 2.45) is 0 Å². The van der Waals surface area contributed by atoms with Crippen LogP contribution in [-0.4, -0.2) is 24.4 Å². The number of carbonyl (C=O) groups is 1. The van der Waals surface area contributed by atoms with Crippen LogP contribution in [-0.2, 0) is 25.6 Å². The van der Waals surface area contributed by atoms with Gasteiger partial charge in [0.2, 0.25) is 0 Å². The molecule has 4 nitrogen and oxygen atoms in total. The molecular weight excluding hydrogens is 415 g/mol. The zero-order valence-electron chi connectivity index (χ0n) is 19.9. The molecule has 0 saturated carbocycles. The number of Topliss-reactive ketones (excluding diaryl/α,β-unsaturated/α-hetero) is 1. The highest BCUT2D eigenvalue weighted by molar-refractivity contribution is 8.07. The van der Waals surface area contributed by atoms with E-state index < -0.39 is 6.72 Å². The van der Waals surface area contributed by atoms with E-state index in [1.807, 2.05) is 0 Å². The van der Waals surface area contributed by atoms with Gasteiger partial charge in [0.15, 0.2) is 0 Å². The zero-order chi connectivity index (χ0) is 22.3. The second-order valence-corrected chi connectivity index (χ2v) is 11.5. The molecule has 180 valence electrons. The molecule has 0 aromatic carbocycles. The van der Waals surface area contributed by atoms with E-state index in [-0.39, 0.29) is 0 Å². The van der Waals surface area contributed by atoms with E-state index in [0.29, 0.717) is 12.4 Å². The molecule has 0 amide bonds. The molecule has 1 unspecified atom stereocenters. The van der Waals surface area contributed by atoms with Crippen LogP contribution >= 0.6 is 6.72 Å². The minimum Gasteiger partial charge on any atom is -0.324 e. The van der Waals surface area contributed by atoms with Gasteiger partial charge < -0.3 is 13.9 Å². The predicted octanol–water partition coefficient (Wildman–Crippen LogP) is 8.26. The summed E-state index contributed by atoms with van der Waals surface area (Å²) in [6.07, 6.45) is 24.1. The molecule has 0 heterocycles. The lowest BCUT2D eigenvalue weighted by Gasteiger charge is -2.12. The lowest BCUT2D eigenvalue weighted by Crippen LogP contribution is -1.98. The first-order valence-corrected chi connectivity index (χ1v) is 15.2. The molecule has 0 aliphatic carbocycles. The summed E-state index contributed by atoms with van der Waals surface area (Å²) in [5, 5.41) is 0. The average molecular weight is 465 g/mol. The van der Waals surface area contributed by atoms with Gasteiger partial charge in [0.05, 0.1) is 6.61 Å². The van der Waals surface area contributed by atoms with E-state index >= 15 is 0 Å². The molecule has 0 fully saturated rings. The first-order chi connectivity index (χ1) is 14.5. The van der Waals surface area contributed by atoms with Gasteiger partial charge in [0.25, 0.3) is 0 Å². The second kappa shape index (κ2) is 22.4. The van der Waals surface area contributed by atoms with Gasteiger partial charge in [-0.1, -0.05) is 103 Å². The zero-order valence-corrected chi connectivity index (χ0v) is 21.6. The maximum atomic E-state index is 12.0. The first kappa shape index (κ1) is 30.2. The Labute approximate surface area is 192 Å². The summed E-state index contributed by atoms with van der Waals surface area (Å²) < 4.78 is 9.86. The molecular formula is C24H49O4PS. The maximum absolute atomic E-state index is 12.0. The number of unbranched alkanes of at least 4 members (excludes halogenated alkanes) is 16. The lowest BCUT2D eigenvalue weighted by atomic mass is 10.0. The first-order valence-electron chi connectivity index (χ1n) is 12.6. The summed E-state index contributed by atoms with van der Waals surface area (Å²) in [4.78, 5) is 21.4. The Kier molecular flexibility index (Phi) is 22.5. The van der Waals surface area contributed by atoms with Crippen LogP contribution in [0.2, 0.25) is 0 Å². The van der Waals surface area contributed by atoms with E-state index in [4.69, 9.17) is 20.9 Å². The van der Waals surface area contributed by atoms with Crippen LogP contribution in [0.4, 0.5) is 0 Å². The molecule has 0 radical (unpaired) electrons. The van der Waals surface area contributed by atoms with Crippen LogP contribution in [0.25, 0.3) is 0 Å². The molecule has 0 spiro atoms. The molecule has 0 aromatic heterocycles. The Hall–Kier alpha value is 0.200. The van der Waals surface area contributed by atoms with Crippen molar-refractivity contribution in [3.8, 4) is 0 Å². The number of ketones is 1. The lowest BCUT2D eigenvalue weighted by molar-refractivity contribution is -0.119. The SMILES string of the molecule is CCCCCCCCCCCCCCCC(=O)CCCCCCCOP(O)(=S)OC. The van der Waals surface area contributed by atoms with Gasteiger partial charge in [-0.25, -0.2) is 0 Å². The van der Waals surface area contributed by atoms with Crippen molar-refractivity contribution in [3.63, 3.8) is 0 Å². The molecule has 1 atom stereocenters. The van der Waals surface area contributed by atoms with Gasteiger partial charge in [0, 0.05) is 20.0 Å². The van der Waals surface area contributed by atoms with Gasteiger partial charge in [0.1, 0.15) is 5.78 Å². The van der Waals surface area contributed by atoms with Crippen molar-refractivity contribution in [1.82, 2.24) is 0 Å². The van der Waals surface area contributed by atoms with E-state index in [2.05, 4.69) is 6.92 Å². The number of hydrogen-bond acceptors (Lipinski definition) is 4. The monoisotopic (exact) mass is 464 g/mol. The molecule has 6 heteroatoms. The van der Waals surface area contributed by atoms with Crippen molar-refractivity contribution in [1.29, 1.82) is 0 Å². The van der Waals surface area contributed by atoms with Crippen LogP contribution in [0.15, 0.2) is 0 Å². The quantitative estimate of drug-likeness (QED) is 0.115. The molecule has 0 bridgehead atoms. The maximum Gasteiger partial charge on any atom is 0.324 e. The summed E-state index contributed by atoms with van der Waals surface area (Å²) in [5.41, 5.74) is 0. The standard InChI is InChI=1S/C24H49O4PS/c1-3-4-5-6-7-8-9-10-11-12-13-15-18-21-24(25)22-19-16-14-17-20-23-28-29(26,30)27-2/h3-23H2,1-2H3,(H,26,30). The molecule has 0 aromatic rings. The summed E-state index contributed by atoms with van der Waals surface area (Å²) in [5.74, 6) is 0.433. The number of rotatable bonds is 24. The topological polar surface area (TPSA) is 55.8 Å². The van der Waals surface area contributed by atoms with Gasteiger partial charge >= 0.3 is 6.72 Å². The van der Waals surface area contributed by atoms with Gasteiger partial charge in [-0.15, -0.1) is 0 Å². The summed E-state index contributed by atoms with van der Waals surface area (Å²) in [7, 11) is 1.37. The molecule has 0 aliphatic heterocycles. The smallest absolute Gasteiger partial charge is 0.324 e. The molecule has 0 rings (SSSR count). The largest absolute Gasteiger partial charge is 0.324 e. The molecule has 1 N–H and O–H groups in total. The van der Waals surface area contributed by atoms with Crippen molar-refractivity contribution < 1.29 is 18.7 Å². The predicted molar refractivity (Wildman–Crippen MR) is 132 cm³/mol. The van der Waals surface area contributed by atoms with E-state index in [1.165, 1.54) is 84.2 Å². The third-order valence-corrected chi connectivity index (χ3v) is 7.38. The summed E-state index contributed by atoms with van der Waals surface area (Å²) in [6, 6.07) is 0. The van der Waals surface area contributed by atoms with Gasteiger partial charge in [-0.2, -0.15) is 0 Å². The fraction of sp³-hybridized carbons (Fsp3) is 0.958. The van der Waals surface area contributed by atoms with Crippen LogP contribution in [0.1, 0.15) is 135 Å². The minimum atomic E-state index is -2.99. The minimum absolute atomic E-state index is 0.433. The van der Waals surface area contributed by atoms with Gasteiger partial charge in [-0.3, -0.25) is 4.79 Å². The third-order valence-electron chi connectivity index (χ3n) is 5.64. The average Bonchev–Trinajstić information content (AvgIpc) is 2.73. The Morgan fingerprint density at radius 3 is 1.47 bits per heavy atom. The normalized spacial score (nSPS) is 13.4. The van der Waals surface area contributed by atoms with Crippen molar-refractivity contribution >= 4 is 24.3 Å². The highest BCUT2D eigenvalue weighted by atomic mass is 32.5. The Bertz CT molecular complexity index is 431. The fourth-order valence-corrected chi connectivity index (χ4v) is 4.34.